The van der Waals surface area contributed by atoms with Gasteiger partial charge in [0.25, 0.3) is 0 Å². The lowest BCUT2D eigenvalue weighted by Gasteiger charge is -2.60. The summed E-state index contributed by atoms with van der Waals surface area (Å²) in [6, 6.07) is 0. The van der Waals surface area contributed by atoms with E-state index in [1.807, 2.05) is 6.92 Å². The van der Waals surface area contributed by atoms with Crippen molar-refractivity contribution in [1.29, 1.82) is 0 Å². The minimum atomic E-state index is -1.37. The van der Waals surface area contributed by atoms with Crippen molar-refractivity contribution >= 4 is 17.5 Å². The predicted octanol–water partition coefficient (Wildman–Crippen LogP) is 2.35. The first-order chi connectivity index (χ1) is 13.6. The van der Waals surface area contributed by atoms with E-state index in [-0.39, 0.29) is 29.0 Å². The molecule has 0 saturated heterocycles. The summed E-state index contributed by atoms with van der Waals surface area (Å²) in [5.74, 6) is -0.462. The molecule has 6 heteroatoms. The molecule has 0 spiro atoms. The Balaban J connectivity index is 1.76. The van der Waals surface area contributed by atoms with Crippen LogP contribution in [0.3, 0.4) is 0 Å². The molecular weight excluding hydrogens is 372 g/mol. The molecule has 29 heavy (non-hydrogen) atoms. The van der Waals surface area contributed by atoms with Gasteiger partial charge < -0.3 is 14.9 Å². The number of hydrogen-bond donors (Lipinski definition) is 2. The molecule has 0 radical (unpaired) electrons. The number of allylic oxidation sites excluding steroid dienone is 1. The van der Waals surface area contributed by atoms with Gasteiger partial charge in [-0.3, -0.25) is 14.4 Å². The zero-order valence-electron chi connectivity index (χ0n) is 17.6. The summed E-state index contributed by atoms with van der Waals surface area (Å²) in [6.07, 6.45) is 5.59. The fraction of sp³-hybridized carbons (Fsp3) is 0.783. The fourth-order valence-electron chi connectivity index (χ4n) is 7.73. The second-order valence-electron chi connectivity index (χ2n) is 10.1. The van der Waals surface area contributed by atoms with E-state index >= 15 is 0 Å². The first kappa shape index (κ1) is 20.7. The first-order valence-corrected chi connectivity index (χ1v) is 10.8. The molecule has 3 saturated carbocycles. The van der Waals surface area contributed by atoms with Crippen LogP contribution in [0, 0.1) is 28.6 Å². The Morgan fingerprint density at radius 3 is 2.59 bits per heavy atom. The second kappa shape index (κ2) is 6.74. The van der Waals surface area contributed by atoms with Crippen LogP contribution < -0.4 is 0 Å². The molecule has 4 aliphatic rings. The van der Waals surface area contributed by atoms with Gasteiger partial charge in [0, 0.05) is 18.8 Å². The predicted molar refractivity (Wildman–Crippen MR) is 105 cm³/mol. The molecule has 2 N–H and O–H groups in total. The highest BCUT2D eigenvalue weighted by Gasteiger charge is 2.70. The molecule has 160 valence electrons. The Morgan fingerprint density at radius 2 is 1.93 bits per heavy atom. The van der Waals surface area contributed by atoms with E-state index in [0.29, 0.717) is 19.3 Å². The summed E-state index contributed by atoms with van der Waals surface area (Å²) >= 11 is 0. The quantitative estimate of drug-likeness (QED) is 0.701. The van der Waals surface area contributed by atoms with E-state index < -0.39 is 35.5 Å². The van der Waals surface area contributed by atoms with Gasteiger partial charge in [-0.25, -0.2) is 0 Å². The Labute approximate surface area is 171 Å². The minimum Gasteiger partial charge on any atom is -0.451 e. The van der Waals surface area contributed by atoms with Crippen molar-refractivity contribution in [3.8, 4) is 0 Å². The van der Waals surface area contributed by atoms with Crippen molar-refractivity contribution in [3.63, 3.8) is 0 Å². The molecule has 0 heterocycles. The Bertz CT molecular complexity index is 786. The number of esters is 1. The van der Waals surface area contributed by atoms with Crippen LogP contribution in [0.25, 0.3) is 0 Å². The maximum atomic E-state index is 12.9. The Kier molecular flexibility index (Phi) is 4.82. The molecule has 0 aromatic carbocycles. The number of fused-ring (bicyclic) bond motifs is 5. The number of ether oxygens (including phenoxy) is 1. The van der Waals surface area contributed by atoms with Gasteiger partial charge in [0.15, 0.2) is 11.4 Å². The van der Waals surface area contributed by atoms with Crippen LogP contribution in [-0.4, -0.2) is 46.1 Å². The normalized spacial score (nSPS) is 46.2. The minimum absolute atomic E-state index is 0.0334. The number of aliphatic hydroxyl groups is 2. The van der Waals surface area contributed by atoms with Crippen molar-refractivity contribution in [1.82, 2.24) is 0 Å². The van der Waals surface area contributed by atoms with E-state index in [0.717, 1.165) is 31.3 Å². The van der Waals surface area contributed by atoms with E-state index in [9.17, 15) is 24.6 Å². The molecule has 4 rings (SSSR count). The molecule has 6 unspecified atom stereocenters. The first-order valence-electron chi connectivity index (χ1n) is 10.8. The number of rotatable bonds is 3. The molecule has 0 bridgehead atoms. The van der Waals surface area contributed by atoms with Gasteiger partial charge in [-0.05, 0) is 67.8 Å². The smallest absolute Gasteiger partial charge is 0.303 e. The molecule has 7 atom stereocenters. The molecule has 3 fully saturated rings. The van der Waals surface area contributed by atoms with Gasteiger partial charge in [0.05, 0.1) is 6.10 Å². The number of carbonyl (C=O) groups is 3. The van der Waals surface area contributed by atoms with Crippen LogP contribution in [0.15, 0.2) is 11.6 Å². The third-order valence-corrected chi connectivity index (χ3v) is 8.93. The topological polar surface area (TPSA) is 101 Å². The summed E-state index contributed by atoms with van der Waals surface area (Å²) in [5.41, 5.74) is -1.12. The summed E-state index contributed by atoms with van der Waals surface area (Å²) in [5, 5.41) is 21.0. The maximum Gasteiger partial charge on any atom is 0.303 e. The van der Waals surface area contributed by atoms with E-state index in [1.54, 1.807) is 6.08 Å². The van der Waals surface area contributed by atoms with Crippen LogP contribution in [0.2, 0.25) is 0 Å². The van der Waals surface area contributed by atoms with Gasteiger partial charge in [-0.15, -0.1) is 0 Å². The maximum absolute atomic E-state index is 12.9. The van der Waals surface area contributed by atoms with Crippen molar-refractivity contribution in [2.24, 2.45) is 28.6 Å². The molecule has 4 aliphatic carbocycles. The van der Waals surface area contributed by atoms with Crippen LogP contribution in [0.4, 0.5) is 0 Å². The van der Waals surface area contributed by atoms with Crippen LogP contribution in [0.1, 0.15) is 65.7 Å². The zero-order chi connectivity index (χ0) is 21.2. The lowest BCUT2D eigenvalue weighted by atomic mass is 9.45. The second-order valence-corrected chi connectivity index (χ2v) is 10.1. The molecular formula is C23H32O6. The van der Waals surface area contributed by atoms with Crippen molar-refractivity contribution in [2.45, 2.75) is 77.4 Å². The molecule has 0 aliphatic heterocycles. The number of carbonyl (C=O) groups excluding carboxylic acids is 3. The average molecular weight is 405 g/mol. The summed E-state index contributed by atoms with van der Waals surface area (Å²) in [6.45, 7) is 4.76. The number of ketones is 2. The van der Waals surface area contributed by atoms with Gasteiger partial charge >= 0.3 is 5.97 Å². The van der Waals surface area contributed by atoms with E-state index in [2.05, 4.69) is 6.92 Å². The Hall–Kier alpha value is -1.53. The number of Topliss-reactive ketones (excluding diaryl/α,β-unsaturated/α-hetero) is 1. The highest BCUT2D eigenvalue weighted by molar-refractivity contribution is 5.92. The van der Waals surface area contributed by atoms with Crippen molar-refractivity contribution < 1.29 is 29.3 Å². The zero-order valence-corrected chi connectivity index (χ0v) is 17.6. The van der Waals surface area contributed by atoms with E-state index in [1.165, 1.54) is 6.92 Å². The monoisotopic (exact) mass is 404 g/mol. The van der Waals surface area contributed by atoms with Crippen LogP contribution >= 0.6 is 0 Å². The molecule has 0 aromatic heterocycles. The van der Waals surface area contributed by atoms with Gasteiger partial charge in [0.1, 0.15) is 6.61 Å². The standard InChI is InChI=1S/C23H32O6/c1-13(25)29-23(19(28)12-24)9-7-17-16-5-4-14-10-15(26)6-8-21(14,2)20(16)18(27)11-22(17,23)3/h10,16-18,20,24,27H,4-9,11-12H2,1-3H3/t16?,17?,18?,20?,21?,22?,23-/m1/s1. The third-order valence-electron chi connectivity index (χ3n) is 8.93. The van der Waals surface area contributed by atoms with Crippen LogP contribution in [0.5, 0.6) is 0 Å². The van der Waals surface area contributed by atoms with Gasteiger partial charge in [-0.1, -0.05) is 19.4 Å². The number of aliphatic hydroxyl groups excluding tert-OH is 2. The highest BCUT2D eigenvalue weighted by atomic mass is 16.6. The van der Waals surface area contributed by atoms with Crippen molar-refractivity contribution in [3.05, 3.63) is 11.6 Å². The fourth-order valence-corrected chi connectivity index (χ4v) is 7.73. The third kappa shape index (κ3) is 2.71. The lowest BCUT2D eigenvalue weighted by Crippen LogP contribution is -2.63. The molecule has 6 nitrogen and oxygen atoms in total. The summed E-state index contributed by atoms with van der Waals surface area (Å²) in [4.78, 5) is 36.8. The molecule has 0 amide bonds. The molecule has 0 aromatic rings. The lowest BCUT2D eigenvalue weighted by molar-refractivity contribution is -0.200. The Morgan fingerprint density at radius 1 is 1.21 bits per heavy atom. The summed E-state index contributed by atoms with van der Waals surface area (Å²) < 4.78 is 5.68. The summed E-state index contributed by atoms with van der Waals surface area (Å²) in [7, 11) is 0. The SMILES string of the molecule is CC(=O)O[C@@]1(C(=O)CO)CCC2C3CCC4=CC(=O)CCC4(C)C3C(O)CC21C. The van der Waals surface area contributed by atoms with Gasteiger partial charge in [-0.2, -0.15) is 0 Å². The average Bonchev–Trinajstić information content (AvgIpc) is 2.93. The number of hydrogen-bond acceptors (Lipinski definition) is 6. The van der Waals surface area contributed by atoms with Crippen LogP contribution in [-0.2, 0) is 19.1 Å². The van der Waals surface area contributed by atoms with Crippen molar-refractivity contribution in [2.75, 3.05) is 6.61 Å². The largest absolute Gasteiger partial charge is 0.451 e. The highest BCUT2D eigenvalue weighted by Crippen LogP contribution is 2.68. The van der Waals surface area contributed by atoms with E-state index in [4.69, 9.17) is 4.74 Å². The van der Waals surface area contributed by atoms with Gasteiger partial charge in [0.2, 0.25) is 5.78 Å².